The van der Waals surface area contributed by atoms with Crippen LogP contribution in [0.5, 0.6) is 0 Å². The number of hydrogen-bond donors (Lipinski definition) is 1. The quantitative estimate of drug-likeness (QED) is 0.835. The summed E-state index contributed by atoms with van der Waals surface area (Å²) >= 11 is 0. The molecule has 2 rings (SSSR count). The van der Waals surface area contributed by atoms with Crippen molar-refractivity contribution in [3.05, 3.63) is 5.82 Å². The fraction of sp³-hybridized carbons (Fsp3) is 0.818. The van der Waals surface area contributed by atoms with Gasteiger partial charge in [-0.25, -0.2) is 4.68 Å². The third-order valence-corrected chi connectivity index (χ3v) is 3.55. The lowest BCUT2D eigenvalue weighted by Crippen LogP contribution is -2.33. The van der Waals surface area contributed by atoms with Gasteiger partial charge in [-0.15, -0.1) is 5.10 Å². The topological polar surface area (TPSA) is 80.9 Å². The van der Waals surface area contributed by atoms with Crippen molar-refractivity contribution >= 4 is 5.97 Å². The summed E-state index contributed by atoms with van der Waals surface area (Å²) in [7, 11) is 0. The second-order valence-electron chi connectivity index (χ2n) is 4.80. The molecule has 1 aromatic heterocycles. The standard InChI is InChI=1S/C11H18N4O2/c1-2-5-9-12-13-14-15(9)8-11(10(16)17)6-3-4-7-11/h2-8H2,1H3,(H,16,17). The Bertz CT molecular complexity index is 396. The zero-order chi connectivity index (χ0) is 12.3. The molecule has 0 amide bonds. The van der Waals surface area contributed by atoms with Gasteiger partial charge < -0.3 is 5.11 Å². The Hall–Kier alpha value is -1.46. The molecule has 0 bridgehead atoms. The fourth-order valence-corrected chi connectivity index (χ4v) is 2.53. The summed E-state index contributed by atoms with van der Waals surface area (Å²) in [5, 5.41) is 20.9. The van der Waals surface area contributed by atoms with Gasteiger partial charge in [-0.05, 0) is 29.7 Å². The van der Waals surface area contributed by atoms with E-state index in [0.29, 0.717) is 6.54 Å². The summed E-state index contributed by atoms with van der Waals surface area (Å²) in [5.41, 5.74) is -0.655. The zero-order valence-electron chi connectivity index (χ0n) is 10.1. The second-order valence-corrected chi connectivity index (χ2v) is 4.80. The van der Waals surface area contributed by atoms with Crippen LogP contribution in [-0.4, -0.2) is 31.3 Å². The number of nitrogens with zero attached hydrogens (tertiary/aromatic N) is 4. The van der Waals surface area contributed by atoms with Crippen LogP contribution in [0.2, 0.25) is 0 Å². The SMILES string of the molecule is CCCc1nnnn1CC1(C(=O)O)CCCC1. The van der Waals surface area contributed by atoms with Gasteiger partial charge in [0.1, 0.15) is 0 Å². The summed E-state index contributed by atoms with van der Waals surface area (Å²) < 4.78 is 1.67. The van der Waals surface area contributed by atoms with Crippen molar-refractivity contribution < 1.29 is 9.90 Å². The monoisotopic (exact) mass is 238 g/mol. The van der Waals surface area contributed by atoms with E-state index in [0.717, 1.165) is 44.3 Å². The summed E-state index contributed by atoms with van der Waals surface area (Å²) in [6, 6.07) is 0. The van der Waals surface area contributed by atoms with Crippen LogP contribution < -0.4 is 0 Å². The number of aliphatic carboxylic acids is 1. The van der Waals surface area contributed by atoms with Crippen LogP contribution in [-0.2, 0) is 17.8 Å². The molecule has 1 fully saturated rings. The molecule has 17 heavy (non-hydrogen) atoms. The van der Waals surface area contributed by atoms with E-state index in [9.17, 15) is 9.90 Å². The van der Waals surface area contributed by atoms with E-state index in [1.807, 2.05) is 0 Å². The predicted molar refractivity (Wildman–Crippen MR) is 60.3 cm³/mol. The first kappa shape index (κ1) is 12.0. The first-order valence-electron chi connectivity index (χ1n) is 6.16. The maximum atomic E-state index is 11.4. The first-order chi connectivity index (χ1) is 8.18. The zero-order valence-corrected chi connectivity index (χ0v) is 10.1. The average Bonchev–Trinajstić information content (AvgIpc) is 2.91. The molecule has 0 spiro atoms. The van der Waals surface area contributed by atoms with Crippen LogP contribution in [0.3, 0.4) is 0 Å². The molecule has 0 radical (unpaired) electrons. The van der Waals surface area contributed by atoms with Crippen LogP contribution >= 0.6 is 0 Å². The minimum Gasteiger partial charge on any atom is -0.481 e. The highest BCUT2D eigenvalue weighted by atomic mass is 16.4. The molecule has 6 nitrogen and oxygen atoms in total. The van der Waals surface area contributed by atoms with E-state index < -0.39 is 11.4 Å². The lowest BCUT2D eigenvalue weighted by Gasteiger charge is -2.23. The molecule has 1 aromatic rings. The van der Waals surface area contributed by atoms with E-state index in [1.54, 1.807) is 4.68 Å². The summed E-state index contributed by atoms with van der Waals surface area (Å²) in [6.45, 7) is 2.46. The highest BCUT2D eigenvalue weighted by molar-refractivity contribution is 5.74. The van der Waals surface area contributed by atoms with Crippen molar-refractivity contribution in [3.8, 4) is 0 Å². The average molecular weight is 238 g/mol. The van der Waals surface area contributed by atoms with Gasteiger partial charge in [0.25, 0.3) is 0 Å². The first-order valence-corrected chi connectivity index (χ1v) is 6.16. The number of rotatable bonds is 5. The second kappa shape index (κ2) is 4.81. The van der Waals surface area contributed by atoms with Crippen molar-refractivity contribution in [2.75, 3.05) is 0 Å². The van der Waals surface area contributed by atoms with Crippen LogP contribution in [0.15, 0.2) is 0 Å². The molecule has 0 aliphatic heterocycles. The Morgan fingerprint density at radius 1 is 1.47 bits per heavy atom. The maximum Gasteiger partial charge on any atom is 0.311 e. The Balaban J connectivity index is 2.17. The molecular weight excluding hydrogens is 220 g/mol. The normalized spacial score (nSPS) is 18.4. The van der Waals surface area contributed by atoms with E-state index in [1.165, 1.54) is 0 Å². The molecule has 1 saturated carbocycles. The molecule has 1 N–H and O–H groups in total. The van der Waals surface area contributed by atoms with E-state index in [2.05, 4.69) is 22.4 Å². The highest BCUT2D eigenvalue weighted by Crippen LogP contribution is 2.39. The van der Waals surface area contributed by atoms with Gasteiger partial charge in [-0.1, -0.05) is 19.8 Å². The fourth-order valence-electron chi connectivity index (χ4n) is 2.53. The van der Waals surface area contributed by atoms with Gasteiger partial charge in [0, 0.05) is 6.42 Å². The molecule has 0 atom stereocenters. The van der Waals surface area contributed by atoms with Gasteiger partial charge in [0.2, 0.25) is 0 Å². The van der Waals surface area contributed by atoms with Crippen molar-refractivity contribution in [2.24, 2.45) is 5.41 Å². The van der Waals surface area contributed by atoms with E-state index in [4.69, 9.17) is 0 Å². The van der Waals surface area contributed by atoms with Crippen LogP contribution in [0, 0.1) is 5.41 Å². The minimum atomic E-state index is -0.715. The number of aromatic nitrogens is 4. The molecule has 6 heteroatoms. The molecule has 1 heterocycles. The van der Waals surface area contributed by atoms with Gasteiger partial charge in [-0.2, -0.15) is 0 Å². The Labute approximate surface area is 100 Å². The van der Waals surface area contributed by atoms with Gasteiger partial charge in [0.05, 0.1) is 12.0 Å². The van der Waals surface area contributed by atoms with Crippen molar-refractivity contribution in [1.82, 2.24) is 20.2 Å². The summed E-state index contributed by atoms with van der Waals surface area (Å²) in [5.74, 6) is 0.0768. The molecule has 1 aliphatic rings. The summed E-state index contributed by atoms with van der Waals surface area (Å²) in [4.78, 5) is 11.4. The van der Waals surface area contributed by atoms with Crippen LogP contribution in [0.1, 0.15) is 44.9 Å². The minimum absolute atomic E-state index is 0.407. The number of tetrazole rings is 1. The molecule has 94 valence electrons. The Kier molecular flexibility index (Phi) is 3.40. The summed E-state index contributed by atoms with van der Waals surface area (Å²) in [6.07, 6.45) is 5.18. The third kappa shape index (κ3) is 2.30. The van der Waals surface area contributed by atoms with Gasteiger partial charge >= 0.3 is 5.97 Å². The van der Waals surface area contributed by atoms with Gasteiger partial charge in [-0.3, -0.25) is 4.79 Å². The van der Waals surface area contributed by atoms with E-state index >= 15 is 0 Å². The smallest absolute Gasteiger partial charge is 0.311 e. The van der Waals surface area contributed by atoms with Crippen molar-refractivity contribution in [2.45, 2.75) is 52.0 Å². The molecule has 0 saturated heterocycles. The maximum absolute atomic E-state index is 11.4. The van der Waals surface area contributed by atoms with Crippen LogP contribution in [0.25, 0.3) is 0 Å². The Morgan fingerprint density at radius 2 is 2.18 bits per heavy atom. The third-order valence-electron chi connectivity index (χ3n) is 3.55. The molecule has 0 aromatic carbocycles. The highest BCUT2D eigenvalue weighted by Gasteiger charge is 2.42. The molecular formula is C11H18N4O2. The predicted octanol–water partition coefficient (Wildman–Crippen LogP) is 1.27. The van der Waals surface area contributed by atoms with Crippen LogP contribution in [0.4, 0.5) is 0 Å². The number of carboxylic acids is 1. The van der Waals surface area contributed by atoms with Crippen molar-refractivity contribution in [1.29, 1.82) is 0 Å². The largest absolute Gasteiger partial charge is 0.481 e. The lowest BCUT2D eigenvalue weighted by molar-refractivity contribution is -0.149. The number of hydrogen-bond acceptors (Lipinski definition) is 4. The Morgan fingerprint density at radius 3 is 2.76 bits per heavy atom. The van der Waals surface area contributed by atoms with Crippen molar-refractivity contribution in [3.63, 3.8) is 0 Å². The molecule has 1 aliphatic carbocycles. The van der Waals surface area contributed by atoms with Gasteiger partial charge in [0.15, 0.2) is 5.82 Å². The lowest BCUT2D eigenvalue weighted by atomic mass is 9.86. The number of carbonyl (C=O) groups is 1. The van der Waals surface area contributed by atoms with E-state index in [-0.39, 0.29) is 0 Å². The number of aryl methyl sites for hydroxylation is 1. The number of carboxylic acid groups (broad SMARTS) is 1. The molecule has 0 unspecified atom stereocenters.